The number of hydrogen-bond donors (Lipinski definition) is 1. The first-order valence-corrected chi connectivity index (χ1v) is 12.7. The lowest BCUT2D eigenvalue weighted by Gasteiger charge is -2.19. The van der Waals surface area contributed by atoms with Gasteiger partial charge in [-0.15, -0.1) is 0 Å². The fourth-order valence-electron chi connectivity index (χ4n) is 2.53. The Morgan fingerprint density at radius 2 is 1.62 bits per heavy atom. The van der Waals surface area contributed by atoms with E-state index < -0.39 is 59.0 Å². The number of rotatable bonds is 17. The van der Waals surface area contributed by atoms with Crippen molar-refractivity contribution in [3.05, 3.63) is 18.3 Å². The largest absolute Gasteiger partial charge is 0.411 e. The van der Waals surface area contributed by atoms with Gasteiger partial charge in [0.15, 0.2) is 24.9 Å². The number of halogens is 6. The number of amides is 1. The number of hydrogen-bond acceptors (Lipinski definition) is 11. The molecule has 2 aromatic heterocycles. The number of carbonyl (C=O) groups is 1. The third-order valence-electron chi connectivity index (χ3n) is 4.12. The number of alkyl halides is 6. The monoisotopic (exact) mass is 597 g/mol. The Balaban J connectivity index is 1.94. The molecule has 0 fully saturated rings. The van der Waals surface area contributed by atoms with Crippen LogP contribution in [0.4, 0.5) is 26.3 Å². The predicted octanol–water partition coefficient (Wildman–Crippen LogP) is 3.42. The molecular formula is C19H26F6N5O8P. The third-order valence-corrected chi connectivity index (χ3v) is 5.62. The van der Waals surface area contributed by atoms with Crippen LogP contribution in [0.2, 0.25) is 0 Å². The van der Waals surface area contributed by atoms with Gasteiger partial charge in [-0.1, -0.05) is 13.8 Å². The second-order valence-electron chi connectivity index (χ2n) is 8.04. The molecular weight excluding hydrogens is 571 g/mol. The van der Waals surface area contributed by atoms with Crippen LogP contribution in [0.15, 0.2) is 12.7 Å². The average molecular weight is 597 g/mol. The summed E-state index contributed by atoms with van der Waals surface area (Å²) in [6.45, 7) is -1.88. The van der Waals surface area contributed by atoms with E-state index in [-0.39, 0.29) is 42.5 Å². The van der Waals surface area contributed by atoms with Crippen molar-refractivity contribution in [3.8, 4) is 0 Å². The molecule has 1 amide bonds. The van der Waals surface area contributed by atoms with E-state index in [1.165, 1.54) is 10.9 Å². The van der Waals surface area contributed by atoms with Gasteiger partial charge in [0.05, 0.1) is 19.5 Å². The van der Waals surface area contributed by atoms with Crippen LogP contribution in [0, 0.1) is 5.92 Å². The van der Waals surface area contributed by atoms with Crippen LogP contribution in [0.3, 0.4) is 0 Å². The van der Waals surface area contributed by atoms with Crippen LogP contribution in [-0.2, 0) is 39.2 Å². The lowest BCUT2D eigenvalue weighted by atomic mass is 10.2. The summed E-state index contributed by atoms with van der Waals surface area (Å²) in [5.74, 6) is -0.485. The summed E-state index contributed by atoms with van der Waals surface area (Å²) in [4.78, 5) is 29.5. The Labute approximate surface area is 217 Å². The summed E-state index contributed by atoms with van der Waals surface area (Å²) in [5.41, 5.74) is 2.57. The summed E-state index contributed by atoms with van der Waals surface area (Å²) in [5, 5.41) is 0. The van der Waals surface area contributed by atoms with Crippen LogP contribution in [0.1, 0.15) is 24.3 Å². The van der Waals surface area contributed by atoms with Crippen LogP contribution in [0.25, 0.3) is 11.2 Å². The molecule has 0 radical (unpaired) electrons. The molecule has 39 heavy (non-hydrogen) atoms. The molecule has 0 aliphatic heterocycles. The van der Waals surface area contributed by atoms with Crippen molar-refractivity contribution < 1.29 is 63.8 Å². The van der Waals surface area contributed by atoms with E-state index in [0.717, 1.165) is 6.33 Å². The van der Waals surface area contributed by atoms with E-state index in [0.29, 0.717) is 0 Å². The Kier molecular flexibility index (Phi) is 12.5. The summed E-state index contributed by atoms with van der Waals surface area (Å²) >= 11 is 0. The van der Waals surface area contributed by atoms with Crippen molar-refractivity contribution >= 4 is 24.7 Å². The smallest absolute Gasteiger partial charge is 0.367 e. The highest BCUT2D eigenvalue weighted by molar-refractivity contribution is 7.53. The van der Waals surface area contributed by atoms with Gasteiger partial charge >= 0.3 is 19.9 Å². The molecule has 0 saturated heterocycles. The maximum absolute atomic E-state index is 12.7. The maximum Gasteiger partial charge on any atom is 0.411 e. The van der Waals surface area contributed by atoms with Gasteiger partial charge in [-0.3, -0.25) is 23.2 Å². The molecule has 0 unspecified atom stereocenters. The topological polar surface area (TPSA) is 145 Å². The Morgan fingerprint density at radius 3 is 2.18 bits per heavy atom. The highest BCUT2D eigenvalue weighted by Crippen LogP contribution is 2.48. The number of imidazole rings is 1. The molecule has 0 atom stereocenters. The van der Waals surface area contributed by atoms with Gasteiger partial charge in [-0.05, 0) is 5.92 Å². The van der Waals surface area contributed by atoms with Crippen LogP contribution in [0.5, 0.6) is 0 Å². The minimum absolute atomic E-state index is 0.0214. The Morgan fingerprint density at radius 1 is 1.00 bits per heavy atom. The van der Waals surface area contributed by atoms with Crippen molar-refractivity contribution in [1.82, 2.24) is 25.0 Å². The van der Waals surface area contributed by atoms with E-state index in [1.807, 2.05) is 13.8 Å². The van der Waals surface area contributed by atoms with Gasteiger partial charge < -0.3 is 18.8 Å². The molecule has 2 heterocycles. The van der Waals surface area contributed by atoms with Crippen molar-refractivity contribution in [2.75, 3.05) is 46.4 Å². The molecule has 0 saturated carbocycles. The van der Waals surface area contributed by atoms with Gasteiger partial charge in [-0.2, -0.15) is 26.3 Å². The lowest BCUT2D eigenvalue weighted by molar-refractivity contribution is -0.192. The molecule has 20 heteroatoms. The van der Waals surface area contributed by atoms with Gasteiger partial charge in [-0.25, -0.2) is 20.4 Å². The molecule has 1 N–H and O–H groups in total. The first kappa shape index (κ1) is 32.8. The van der Waals surface area contributed by atoms with E-state index in [1.54, 1.807) is 0 Å². The lowest BCUT2D eigenvalue weighted by Crippen LogP contribution is -2.26. The van der Waals surface area contributed by atoms with Crippen LogP contribution >= 0.6 is 7.60 Å². The fraction of sp³-hybridized carbons (Fsp3) is 0.684. The molecule has 0 aromatic carbocycles. The highest BCUT2D eigenvalue weighted by atomic mass is 31.2. The number of fused-ring (bicyclic) bond motifs is 1. The quantitative estimate of drug-likeness (QED) is 0.0942. The summed E-state index contributed by atoms with van der Waals surface area (Å²) < 4.78 is 110. The fourth-order valence-corrected chi connectivity index (χ4v) is 3.58. The molecule has 13 nitrogen and oxygen atoms in total. The van der Waals surface area contributed by atoms with Gasteiger partial charge in [0.1, 0.15) is 31.4 Å². The molecule has 2 aromatic rings. The first-order chi connectivity index (χ1) is 18.2. The zero-order valence-corrected chi connectivity index (χ0v) is 21.6. The second kappa shape index (κ2) is 14.8. The number of nitrogens with zero attached hydrogens (tertiary/aromatic N) is 4. The minimum Gasteiger partial charge on any atom is -0.367 e. The standard InChI is InChI=1S/C19H26F6N5O8P/c1-13(2)5-36-29-17(31)15-14-16(27-8-26-15)30(9-28-14)3-4-33-12-39(32,37-10-34-6-18(20,21)22)38-11-35-7-19(23,24)25/h8-9,13H,3-7,10-12H2,1-2H3,(H,29,31). The zero-order valence-electron chi connectivity index (χ0n) is 20.7. The van der Waals surface area contributed by atoms with E-state index in [2.05, 4.69) is 39.0 Å². The number of aromatic nitrogens is 4. The van der Waals surface area contributed by atoms with Gasteiger partial charge in [0, 0.05) is 6.54 Å². The molecule has 0 spiro atoms. The summed E-state index contributed by atoms with van der Waals surface area (Å²) in [6.07, 6.45) is -7.81. The van der Waals surface area contributed by atoms with Crippen molar-refractivity contribution in [1.29, 1.82) is 0 Å². The van der Waals surface area contributed by atoms with Crippen molar-refractivity contribution in [2.24, 2.45) is 5.92 Å². The van der Waals surface area contributed by atoms with E-state index in [9.17, 15) is 35.7 Å². The van der Waals surface area contributed by atoms with Gasteiger partial charge in [0.2, 0.25) is 0 Å². The Bertz CT molecular complexity index is 1070. The van der Waals surface area contributed by atoms with Crippen LogP contribution in [-0.4, -0.2) is 84.1 Å². The third kappa shape index (κ3) is 12.5. The second-order valence-corrected chi connectivity index (χ2v) is 10.0. The zero-order chi connectivity index (χ0) is 29.1. The minimum atomic E-state index is -4.70. The maximum atomic E-state index is 12.7. The highest BCUT2D eigenvalue weighted by Gasteiger charge is 2.31. The molecule has 0 bridgehead atoms. The van der Waals surface area contributed by atoms with E-state index >= 15 is 0 Å². The van der Waals surface area contributed by atoms with Crippen LogP contribution < -0.4 is 5.48 Å². The van der Waals surface area contributed by atoms with E-state index in [4.69, 9.17) is 9.57 Å². The SMILES string of the molecule is CC(C)CONC(=O)c1ncnc2c1ncn2CCOCP(=O)(OCOCC(F)(F)F)OCOCC(F)(F)F. The summed E-state index contributed by atoms with van der Waals surface area (Å²) in [7, 11) is -4.40. The number of nitrogens with one attached hydrogen (secondary N) is 1. The number of carbonyl (C=O) groups excluding carboxylic acids is 1. The van der Waals surface area contributed by atoms with Gasteiger partial charge in [0.25, 0.3) is 5.91 Å². The Hall–Kier alpha value is -2.41. The average Bonchev–Trinajstić information content (AvgIpc) is 3.24. The normalized spacial score (nSPS) is 12.9. The molecule has 222 valence electrons. The van der Waals surface area contributed by atoms with Crippen molar-refractivity contribution in [3.63, 3.8) is 0 Å². The first-order valence-electron chi connectivity index (χ1n) is 11.0. The summed E-state index contributed by atoms with van der Waals surface area (Å²) in [6, 6.07) is 0. The predicted molar refractivity (Wildman–Crippen MR) is 118 cm³/mol. The number of hydroxylamine groups is 1. The molecule has 0 aliphatic rings. The van der Waals surface area contributed by atoms with Crippen molar-refractivity contribution in [2.45, 2.75) is 32.7 Å². The number of ether oxygens (including phenoxy) is 3. The molecule has 0 aliphatic carbocycles. The molecule has 2 rings (SSSR count).